The van der Waals surface area contributed by atoms with Crippen LogP contribution in [-0.4, -0.2) is 30.9 Å². The van der Waals surface area contributed by atoms with Crippen molar-refractivity contribution in [3.05, 3.63) is 41.0 Å². The summed E-state index contributed by atoms with van der Waals surface area (Å²) >= 11 is 0. The molecule has 0 saturated carbocycles. The Bertz CT molecular complexity index is 946. The minimum atomic E-state index is -0.474. The second kappa shape index (κ2) is 27.8. The predicted molar refractivity (Wildman–Crippen MR) is 188 cm³/mol. The Morgan fingerprint density at radius 1 is 0.467 bits per heavy atom. The fraction of sp³-hybridized carbons (Fsp3) is 0.725. The van der Waals surface area contributed by atoms with Gasteiger partial charge >= 0.3 is 11.9 Å². The van der Waals surface area contributed by atoms with E-state index in [0.29, 0.717) is 41.9 Å². The zero-order chi connectivity index (χ0) is 33.0. The molecular formula is C40H66O5. The van der Waals surface area contributed by atoms with E-state index >= 15 is 0 Å². The summed E-state index contributed by atoms with van der Waals surface area (Å²) in [5.74, 6) is -0.930. The molecule has 0 radical (unpaired) electrons. The number of Topliss-reactive ketones (excluding diaryl/α,β-unsaturated/α-hetero) is 1. The Hall–Kier alpha value is -2.43. The standard InChI is InChI=1S/C40H66O5/c1-5-8-11-14-17-19-22-25-32-44-39(42)37(27-24-21-16-13-10-7-3)38(36-30-28-35(29-31-36)34(4)41)40(43)45-33-26-23-20-18-15-12-9-6-2/h28-31H,5-27,32-33H2,1-4H3/b38-37-. The lowest BCUT2D eigenvalue weighted by atomic mass is 9.94. The summed E-state index contributed by atoms with van der Waals surface area (Å²) in [4.78, 5) is 39.2. The highest BCUT2D eigenvalue weighted by Crippen LogP contribution is 2.27. The van der Waals surface area contributed by atoms with Gasteiger partial charge in [0.05, 0.1) is 24.4 Å². The molecule has 5 nitrogen and oxygen atoms in total. The van der Waals surface area contributed by atoms with Crippen molar-refractivity contribution in [2.45, 2.75) is 175 Å². The van der Waals surface area contributed by atoms with Crippen molar-refractivity contribution in [2.75, 3.05) is 13.2 Å². The number of esters is 2. The zero-order valence-electron chi connectivity index (χ0n) is 29.5. The highest BCUT2D eigenvalue weighted by molar-refractivity contribution is 6.22. The van der Waals surface area contributed by atoms with Gasteiger partial charge in [0.1, 0.15) is 0 Å². The summed E-state index contributed by atoms with van der Waals surface area (Å²) in [5, 5.41) is 0. The summed E-state index contributed by atoms with van der Waals surface area (Å²) in [5.41, 5.74) is 1.87. The van der Waals surface area contributed by atoms with Gasteiger partial charge in [-0.15, -0.1) is 0 Å². The first-order valence-electron chi connectivity index (χ1n) is 18.6. The van der Waals surface area contributed by atoms with Crippen LogP contribution in [0.3, 0.4) is 0 Å². The van der Waals surface area contributed by atoms with E-state index in [1.807, 2.05) is 0 Å². The lowest BCUT2D eigenvalue weighted by Crippen LogP contribution is -2.17. The van der Waals surface area contributed by atoms with Crippen LogP contribution in [0.15, 0.2) is 29.8 Å². The first kappa shape index (κ1) is 40.6. The quantitative estimate of drug-likeness (QED) is 0.0383. The Kier molecular flexibility index (Phi) is 25.1. The van der Waals surface area contributed by atoms with Gasteiger partial charge in [-0.05, 0) is 38.2 Å². The summed E-state index contributed by atoms with van der Waals surface area (Å²) < 4.78 is 11.6. The van der Waals surface area contributed by atoms with Crippen LogP contribution in [0.2, 0.25) is 0 Å². The molecule has 0 fully saturated rings. The lowest BCUT2D eigenvalue weighted by Gasteiger charge is -2.16. The molecule has 0 aliphatic heterocycles. The summed E-state index contributed by atoms with van der Waals surface area (Å²) in [6.07, 6.45) is 25.6. The fourth-order valence-electron chi connectivity index (χ4n) is 5.66. The van der Waals surface area contributed by atoms with Gasteiger partial charge in [-0.3, -0.25) is 4.79 Å². The summed E-state index contributed by atoms with van der Waals surface area (Å²) in [7, 11) is 0. The van der Waals surface area contributed by atoms with Crippen molar-refractivity contribution < 1.29 is 23.9 Å². The normalized spacial score (nSPS) is 11.7. The second-order valence-corrected chi connectivity index (χ2v) is 12.7. The summed E-state index contributed by atoms with van der Waals surface area (Å²) in [6, 6.07) is 6.96. The van der Waals surface area contributed by atoms with E-state index in [2.05, 4.69) is 20.8 Å². The number of hydrogen-bond donors (Lipinski definition) is 0. The van der Waals surface area contributed by atoms with E-state index in [0.717, 1.165) is 57.8 Å². The Balaban J connectivity index is 3.00. The molecule has 1 aromatic carbocycles. The number of unbranched alkanes of at least 4 members (excludes halogenated alkanes) is 19. The maximum absolute atomic E-state index is 13.7. The van der Waals surface area contributed by atoms with Crippen molar-refractivity contribution in [2.24, 2.45) is 0 Å². The van der Waals surface area contributed by atoms with Crippen molar-refractivity contribution in [1.82, 2.24) is 0 Å². The molecule has 5 heteroatoms. The van der Waals surface area contributed by atoms with Crippen LogP contribution in [0.25, 0.3) is 5.57 Å². The molecule has 0 aromatic heterocycles. The fourth-order valence-corrected chi connectivity index (χ4v) is 5.66. The van der Waals surface area contributed by atoms with Gasteiger partial charge < -0.3 is 9.47 Å². The maximum Gasteiger partial charge on any atom is 0.339 e. The number of hydrogen-bond acceptors (Lipinski definition) is 5. The van der Waals surface area contributed by atoms with Gasteiger partial charge in [-0.25, -0.2) is 9.59 Å². The lowest BCUT2D eigenvalue weighted by molar-refractivity contribution is -0.141. The molecule has 0 saturated heterocycles. The molecule has 0 heterocycles. The topological polar surface area (TPSA) is 69.7 Å². The third kappa shape index (κ3) is 19.6. The molecular weight excluding hydrogens is 560 g/mol. The van der Waals surface area contributed by atoms with Crippen LogP contribution < -0.4 is 0 Å². The molecule has 1 rings (SSSR count). The Labute approximate surface area is 276 Å². The van der Waals surface area contributed by atoms with Crippen molar-refractivity contribution >= 4 is 23.3 Å². The number of rotatable bonds is 29. The molecule has 0 N–H and O–H groups in total. The molecule has 0 atom stereocenters. The molecule has 45 heavy (non-hydrogen) atoms. The van der Waals surface area contributed by atoms with Crippen LogP contribution in [0.5, 0.6) is 0 Å². The van der Waals surface area contributed by atoms with E-state index in [4.69, 9.17) is 9.47 Å². The number of benzene rings is 1. The van der Waals surface area contributed by atoms with E-state index < -0.39 is 11.9 Å². The molecule has 256 valence electrons. The summed E-state index contributed by atoms with van der Waals surface area (Å²) in [6.45, 7) is 8.87. The van der Waals surface area contributed by atoms with Gasteiger partial charge in [0.15, 0.2) is 5.78 Å². The van der Waals surface area contributed by atoms with Gasteiger partial charge in [0.25, 0.3) is 0 Å². The highest BCUT2D eigenvalue weighted by Gasteiger charge is 2.25. The Morgan fingerprint density at radius 2 is 0.822 bits per heavy atom. The van der Waals surface area contributed by atoms with Gasteiger partial charge in [-0.2, -0.15) is 0 Å². The minimum Gasteiger partial charge on any atom is -0.462 e. The van der Waals surface area contributed by atoms with E-state index in [-0.39, 0.29) is 5.78 Å². The first-order valence-corrected chi connectivity index (χ1v) is 18.6. The van der Waals surface area contributed by atoms with Gasteiger partial charge in [0, 0.05) is 5.56 Å². The van der Waals surface area contributed by atoms with Gasteiger partial charge in [0.2, 0.25) is 0 Å². The van der Waals surface area contributed by atoms with Crippen LogP contribution in [0, 0.1) is 0 Å². The molecule has 0 aliphatic carbocycles. The smallest absolute Gasteiger partial charge is 0.339 e. The molecule has 0 spiro atoms. The molecule has 0 unspecified atom stereocenters. The average Bonchev–Trinajstić information content (AvgIpc) is 3.04. The largest absolute Gasteiger partial charge is 0.462 e. The Morgan fingerprint density at radius 3 is 1.24 bits per heavy atom. The van der Waals surface area contributed by atoms with Gasteiger partial charge in [-0.1, -0.05) is 167 Å². The predicted octanol–water partition coefficient (Wildman–Crippen LogP) is 11.8. The number of carbonyl (C=O) groups is 3. The van der Waals surface area contributed by atoms with E-state index in [9.17, 15) is 14.4 Å². The van der Waals surface area contributed by atoms with Crippen molar-refractivity contribution in [3.63, 3.8) is 0 Å². The van der Waals surface area contributed by atoms with Crippen LogP contribution in [-0.2, 0) is 19.1 Å². The molecule has 1 aromatic rings. The number of carbonyl (C=O) groups excluding carboxylic acids is 3. The SMILES string of the molecule is CCCCCCCCCCOC(=O)/C(CCCCCCCC)=C(\C(=O)OCCCCCCCCCC)c1ccc(C(C)=O)cc1. The molecule has 0 amide bonds. The van der Waals surface area contributed by atoms with Crippen molar-refractivity contribution in [3.8, 4) is 0 Å². The van der Waals surface area contributed by atoms with Crippen LogP contribution >= 0.6 is 0 Å². The second-order valence-electron chi connectivity index (χ2n) is 12.7. The number of ether oxygens (including phenoxy) is 2. The number of ketones is 1. The highest BCUT2D eigenvalue weighted by atomic mass is 16.5. The third-order valence-corrected chi connectivity index (χ3v) is 8.57. The maximum atomic E-state index is 13.7. The average molecular weight is 627 g/mol. The van der Waals surface area contributed by atoms with Crippen LogP contribution in [0.4, 0.5) is 0 Å². The minimum absolute atomic E-state index is 0.0403. The third-order valence-electron chi connectivity index (χ3n) is 8.57. The molecule has 0 bridgehead atoms. The zero-order valence-corrected chi connectivity index (χ0v) is 29.5. The first-order chi connectivity index (χ1) is 22.0. The van der Waals surface area contributed by atoms with Crippen LogP contribution in [0.1, 0.15) is 191 Å². The molecule has 0 aliphatic rings. The monoisotopic (exact) mass is 626 g/mol. The van der Waals surface area contributed by atoms with Crippen molar-refractivity contribution in [1.29, 1.82) is 0 Å². The van der Waals surface area contributed by atoms with E-state index in [1.165, 1.54) is 90.4 Å². The van der Waals surface area contributed by atoms with E-state index in [1.54, 1.807) is 24.3 Å².